The van der Waals surface area contributed by atoms with E-state index in [4.69, 9.17) is 14.2 Å². The van der Waals surface area contributed by atoms with Crippen molar-refractivity contribution in [1.29, 1.82) is 0 Å². The molecule has 37 heavy (non-hydrogen) atoms. The summed E-state index contributed by atoms with van der Waals surface area (Å²) in [4.78, 5) is 13.3. The van der Waals surface area contributed by atoms with E-state index in [1.807, 2.05) is 89.2 Å². The topological polar surface area (TPSA) is 66.4 Å². The highest BCUT2D eigenvalue weighted by molar-refractivity contribution is 5.60. The van der Waals surface area contributed by atoms with Crippen LogP contribution < -0.4 is 14.2 Å². The zero-order chi connectivity index (χ0) is 26.4. The van der Waals surface area contributed by atoms with Crippen LogP contribution in [-0.4, -0.2) is 15.0 Å². The second kappa shape index (κ2) is 11.5. The molecular formula is C31H31N3O3. The van der Waals surface area contributed by atoms with Gasteiger partial charge in [-0.3, -0.25) is 0 Å². The van der Waals surface area contributed by atoms with Gasteiger partial charge in [0.25, 0.3) is 0 Å². The summed E-state index contributed by atoms with van der Waals surface area (Å²) >= 11 is 0. The first-order valence-corrected chi connectivity index (χ1v) is 12.1. The van der Waals surface area contributed by atoms with Gasteiger partial charge in [-0.2, -0.15) is 0 Å². The molecule has 0 unspecified atom stereocenters. The molecule has 4 rings (SSSR count). The number of hydrogen-bond acceptors (Lipinski definition) is 6. The monoisotopic (exact) mass is 493 g/mol. The third-order valence-corrected chi connectivity index (χ3v) is 5.25. The van der Waals surface area contributed by atoms with Crippen LogP contribution in [0.25, 0.3) is 6.08 Å². The second-order valence-electron chi connectivity index (χ2n) is 9.31. The number of benzene rings is 3. The molecule has 0 radical (unpaired) electrons. The van der Waals surface area contributed by atoms with Crippen LogP contribution >= 0.6 is 0 Å². The van der Waals surface area contributed by atoms with Crippen molar-refractivity contribution in [3.8, 4) is 35.3 Å². The van der Waals surface area contributed by atoms with Crippen molar-refractivity contribution in [2.45, 2.75) is 41.0 Å². The summed E-state index contributed by atoms with van der Waals surface area (Å²) in [5.74, 6) is 1.84. The molecule has 1 heterocycles. The Labute approximate surface area is 218 Å². The van der Waals surface area contributed by atoms with E-state index in [-0.39, 0.29) is 18.0 Å². The zero-order valence-corrected chi connectivity index (χ0v) is 21.9. The Morgan fingerprint density at radius 3 is 1.92 bits per heavy atom. The van der Waals surface area contributed by atoms with E-state index in [2.05, 4.69) is 39.7 Å². The average Bonchev–Trinajstić information content (AvgIpc) is 2.82. The summed E-state index contributed by atoms with van der Waals surface area (Å²) in [6, 6.07) is 21.4. The molecule has 4 aromatic rings. The molecule has 0 saturated carbocycles. The SMILES string of the molecule is C=C(C)Cc1cc(C)ccc1Oc1nc(Oc2ccccc2)nc(Oc2ccc(C)cc2C=C(C)C)n1. The van der Waals surface area contributed by atoms with Crippen LogP contribution in [-0.2, 0) is 6.42 Å². The lowest BCUT2D eigenvalue weighted by molar-refractivity contribution is 0.360. The Morgan fingerprint density at radius 2 is 1.30 bits per heavy atom. The molecule has 0 saturated heterocycles. The Kier molecular flexibility index (Phi) is 7.98. The van der Waals surface area contributed by atoms with Crippen molar-refractivity contribution < 1.29 is 14.2 Å². The number of para-hydroxylation sites is 1. The molecule has 0 fully saturated rings. The maximum Gasteiger partial charge on any atom is 0.331 e. The molecule has 3 aromatic carbocycles. The number of aromatic nitrogens is 3. The molecule has 188 valence electrons. The smallest absolute Gasteiger partial charge is 0.331 e. The molecule has 0 atom stereocenters. The van der Waals surface area contributed by atoms with Gasteiger partial charge in [-0.15, -0.1) is 15.0 Å². The van der Waals surface area contributed by atoms with Crippen molar-refractivity contribution in [1.82, 2.24) is 15.0 Å². The molecule has 0 bridgehead atoms. The van der Waals surface area contributed by atoms with E-state index < -0.39 is 0 Å². The Morgan fingerprint density at radius 1 is 0.730 bits per heavy atom. The van der Waals surface area contributed by atoms with E-state index in [1.165, 1.54) is 0 Å². The number of nitrogens with zero attached hydrogens (tertiary/aromatic N) is 3. The first-order chi connectivity index (χ1) is 17.7. The van der Waals surface area contributed by atoms with E-state index in [1.54, 1.807) is 0 Å². The molecule has 0 N–H and O–H groups in total. The van der Waals surface area contributed by atoms with Crippen molar-refractivity contribution in [2.24, 2.45) is 0 Å². The predicted octanol–water partition coefficient (Wildman–Crippen LogP) is 8.41. The standard InChI is InChI=1S/C31H31N3O3/c1-20(2)16-24-18-22(5)12-14-27(24)36-30-32-29(35-26-10-8-7-9-11-26)33-31(34-30)37-28-15-13-23(6)19-25(28)17-21(3)4/h7-15,17-19H,1,16H2,2-6H3. The Bertz CT molecular complexity index is 1440. The molecule has 0 amide bonds. The first-order valence-electron chi connectivity index (χ1n) is 12.1. The lowest BCUT2D eigenvalue weighted by Crippen LogP contribution is -2.03. The van der Waals surface area contributed by atoms with Crippen molar-refractivity contribution in [2.75, 3.05) is 0 Å². The second-order valence-corrected chi connectivity index (χ2v) is 9.31. The van der Waals surface area contributed by atoms with Gasteiger partial charge in [0, 0.05) is 5.56 Å². The van der Waals surface area contributed by atoms with Gasteiger partial charge in [-0.1, -0.05) is 71.3 Å². The first kappa shape index (κ1) is 25.6. The van der Waals surface area contributed by atoms with Gasteiger partial charge in [-0.05, 0) is 76.9 Å². The fraction of sp³-hybridized carbons (Fsp3) is 0.194. The number of aryl methyl sites for hydroxylation is 2. The van der Waals surface area contributed by atoms with Crippen molar-refractivity contribution >= 4 is 6.08 Å². The summed E-state index contributed by atoms with van der Waals surface area (Å²) in [7, 11) is 0. The summed E-state index contributed by atoms with van der Waals surface area (Å²) in [5, 5.41) is 0. The number of hydrogen-bond donors (Lipinski definition) is 0. The largest absolute Gasteiger partial charge is 0.424 e. The maximum absolute atomic E-state index is 6.16. The van der Waals surface area contributed by atoms with E-state index >= 15 is 0 Å². The highest BCUT2D eigenvalue weighted by atomic mass is 16.5. The number of rotatable bonds is 9. The minimum atomic E-state index is 0.0654. The Balaban J connectivity index is 1.74. The van der Waals surface area contributed by atoms with Crippen LogP contribution in [0.15, 0.2) is 84.5 Å². The van der Waals surface area contributed by atoms with Gasteiger partial charge >= 0.3 is 18.0 Å². The maximum atomic E-state index is 6.16. The molecule has 0 spiro atoms. The van der Waals surface area contributed by atoms with Crippen LogP contribution in [0.5, 0.6) is 35.3 Å². The minimum Gasteiger partial charge on any atom is -0.424 e. The van der Waals surface area contributed by atoms with Gasteiger partial charge in [0.05, 0.1) is 0 Å². The summed E-state index contributed by atoms with van der Waals surface area (Å²) in [6.45, 7) is 14.2. The third-order valence-electron chi connectivity index (χ3n) is 5.25. The van der Waals surface area contributed by atoms with E-state index in [0.29, 0.717) is 23.7 Å². The average molecular weight is 494 g/mol. The van der Waals surface area contributed by atoms with Crippen LogP contribution in [0.4, 0.5) is 0 Å². The highest BCUT2D eigenvalue weighted by Gasteiger charge is 2.16. The van der Waals surface area contributed by atoms with Crippen LogP contribution in [0.2, 0.25) is 0 Å². The summed E-state index contributed by atoms with van der Waals surface area (Å²) in [5.41, 5.74) is 6.34. The lowest BCUT2D eigenvalue weighted by Gasteiger charge is -2.13. The van der Waals surface area contributed by atoms with E-state index in [9.17, 15) is 0 Å². The van der Waals surface area contributed by atoms with E-state index in [0.717, 1.165) is 33.4 Å². The number of allylic oxidation sites excluding steroid dienone is 2. The van der Waals surface area contributed by atoms with Gasteiger partial charge in [0.2, 0.25) is 0 Å². The minimum absolute atomic E-state index is 0.0654. The quantitative estimate of drug-likeness (QED) is 0.218. The third kappa shape index (κ3) is 7.27. The molecule has 6 nitrogen and oxygen atoms in total. The number of ether oxygens (including phenoxy) is 3. The fourth-order valence-electron chi connectivity index (χ4n) is 3.70. The van der Waals surface area contributed by atoms with Crippen molar-refractivity contribution in [3.05, 3.63) is 107 Å². The molecule has 0 aliphatic heterocycles. The van der Waals surface area contributed by atoms with Gasteiger partial charge in [-0.25, -0.2) is 0 Å². The van der Waals surface area contributed by atoms with Crippen LogP contribution in [0, 0.1) is 13.8 Å². The zero-order valence-electron chi connectivity index (χ0n) is 21.9. The molecule has 6 heteroatoms. The lowest BCUT2D eigenvalue weighted by atomic mass is 10.0. The van der Waals surface area contributed by atoms with Crippen LogP contribution in [0.1, 0.15) is 43.0 Å². The van der Waals surface area contributed by atoms with Gasteiger partial charge in [0.1, 0.15) is 17.2 Å². The molecule has 0 aliphatic carbocycles. The fourth-order valence-corrected chi connectivity index (χ4v) is 3.70. The Hall–Kier alpha value is -4.45. The predicted molar refractivity (Wildman–Crippen MR) is 147 cm³/mol. The molecular weight excluding hydrogens is 462 g/mol. The van der Waals surface area contributed by atoms with Crippen molar-refractivity contribution in [3.63, 3.8) is 0 Å². The molecule has 0 aliphatic rings. The summed E-state index contributed by atoms with van der Waals surface area (Å²) < 4.78 is 18.2. The van der Waals surface area contributed by atoms with Gasteiger partial charge < -0.3 is 14.2 Å². The van der Waals surface area contributed by atoms with Gasteiger partial charge in [0.15, 0.2) is 0 Å². The van der Waals surface area contributed by atoms with Crippen LogP contribution in [0.3, 0.4) is 0 Å². The highest BCUT2D eigenvalue weighted by Crippen LogP contribution is 2.31. The summed E-state index contributed by atoms with van der Waals surface area (Å²) in [6.07, 6.45) is 2.73. The molecule has 1 aromatic heterocycles. The normalized spacial score (nSPS) is 10.5.